The number of rotatable bonds is 16. The number of carbonyl (C=O) groups is 1. The van der Waals surface area contributed by atoms with Gasteiger partial charge in [0, 0.05) is 11.5 Å². The fraction of sp³-hybridized carbons (Fsp3) is 0.321. The first-order chi connectivity index (χ1) is 16.4. The summed E-state index contributed by atoms with van der Waals surface area (Å²) in [7, 11) is 0. The number of ether oxygens (including phenoxy) is 5. The van der Waals surface area contributed by atoms with Gasteiger partial charge < -0.3 is 23.7 Å². The standard InChI is InChI=1S/C28H34O6/c1-6-22(3)31-20-21-33-26-14-10-24(11-15-26)28(4,5)23-8-12-25(13-9-23)32-18-16-30-17-19-34-27(29)7-2/h6-15H,1-3,16-21H2,4-5H3. The Morgan fingerprint density at radius 2 is 1.21 bits per heavy atom. The lowest BCUT2D eigenvalue weighted by atomic mass is 9.78. The molecule has 0 amide bonds. The van der Waals surface area contributed by atoms with Crippen LogP contribution in [0.1, 0.15) is 25.0 Å². The fourth-order valence-corrected chi connectivity index (χ4v) is 3.07. The summed E-state index contributed by atoms with van der Waals surface area (Å²) >= 11 is 0. The summed E-state index contributed by atoms with van der Waals surface area (Å²) in [4.78, 5) is 10.9. The van der Waals surface area contributed by atoms with Crippen LogP contribution >= 0.6 is 0 Å². The molecule has 182 valence electrons. The Morgan fingerprint density at radius 3 is 1.71 bits per heavy atom. The van der Waals surface area contributed by atoms with Crippen molar-refractivity contribution < 1.29 is 28.5 Å². The quantitative estimate of drug-likeness (QED) is 0.111. The van der Waals surface area contributed by atoms with E-state index >= 15 is 0 Å². The van der Waals surface area contributed by atoms with Gasteiger partial charge in [0.1, 0.15) is 43.7 Å². The second-order valence-corrected chi connectivity index (χ2v) is 7.87. The highest BCUT2D eigenvalue weighted by Gasteiger charge is 2.23. The molecule has 0 saturated carbocycles. The van der Waals surface area contributed by atoms with Gasteiger partial charge in [0.25, 0.3) is 0 Å². The van der Waals surface area contributed by atoms with E-state index in [0.29, 0.717) is 38.8 Å². The van der Waals surface area contributed by atoms with E-state index in [1.807, 2.05) is 24.3 Å². The number of esters is 1. The van der Waals surface area contributed by atoms with Crippen molar-refractivity contribution in [1.29, 1.82) is 0 Å². The molecule has 0 N–H and O–H groups in total. The van der Waals surface area contributed by atoms with Crippen molar-refractivity contribution in [2.24, 2.45) is 0 Å². The average Bonchev–Trinajstić information content (AvgIpc) is 2.86. The number of allylic oxidation sites excluding steroid dienone is 1. The van der Waals surface area contributed by atoms with Gasteiger partial charge in [0.05, 0.1) is 13.2 Å². The molecule has 0 saturated heterocycles. The lowest BCUT2D eigenvalue weighted by molar-refractivity contribution is -0.139. The smallest absolute Gasteiger partial charge is 0.330 e. The van der Waals surface area contributed by atoms with E-state index in [1.165, 1.54) is 11.1 Å². The van der Waals surface area contributed by atoms with E-state index in [9.17, 15) is 4.79 Å². The second kappa shape index (κ2) is 13.9. The molecule has 0 fully saturated rings. The van der Waals surface area contributed by atoms with Crippen molar-refractivity contribution in [2.45, 2.75) is 19.3 Å². The molecule has 0 unspecified atom stereocenters. The van der Waals surface area contributed by atoms with Gasteiger partial charge in [-0.25, -0.2) is 4.79 Å². The Morgan fingerprint density at radius 1 is 0.735 bits per heavy atom. The number of hydrogen-bond donors (Lipinski definition) is 0. The molecule has 6 heteroatoms. The average molecular weight is 467 g/mol. The van der Waals surface area contributed by atoms with E-state index in [2.05, 4.69) is 57.8 Å². The van der Waals surface area contributed by atoms with Crippen molar-refractivity contribution in [1.82, 2.24) is 0 Å². The molecule has 0 atom stereocenters. The summed E-state index contributed by atoms with van der Waals surface area (Å²) in [6.45, 7) is 17.2. The third kappa shape index (κ3) is 8.79. The number of hydrogen-bond acceptors (Lipinski definition) is 6. The highest BCUT2D eigenvalue weighted by Crippen LogP contribution is 2.33. The molecule has 0 aliphatic carbocycles. The summed E-state index contributed by atoms with van der Waals surface area (Å²) < 4.78 is 27.0. The van der Waals surface area contributed by atoms with Crippen LogP contribution in [0.25, 0.3) is 0 Å². The largest absolute Gasteiger partial charge is 0.491 e. The van der Waals surface area contributed by atoms with Gasteiger partial charge in [-0.15, -0.1) is 0 Å². The van der Waals surface area contributed by atoms with Crippen LogP contribution < -0.4 is 9.47 Å². The molecule has 6 nitrogen and oxygen atoms in total. The molecule has 0 spiro atoms. The van der Waals surface area contributed by atoms with Crippen molar-refractivity contribution in [3.05, 3.63) is 97.3 Å². The van der Waals surface area contributed by atoms with Gasteiger partial charge >= 0.3 is 5.97 Å². The summed E-state index contributed by atoms with van der Waals surface area (Å²) in [6.07, 6.45) is 2.69. The maximum Gasteiger partial charge on any atom is 0.330 e. The van der Waals surface area contributed by atoms with Crippen LogP contribution in [0.4, 0.5) is 0 Å². The van der Waals surface area contributed by atoms with Gasteiger partial charge in [-0.2, -0.15) is 0 Å². The zero-order valence-corrected chi connectivity index (χ0v) is 20.1. The molecule has 0 aliphatic rings. The van der Waals surface area contributed by atoms with Crippen molar-refractivity contribution >= 4 is 5.97 Å². The number of carbonyl (C=O) groups excluding carboxylic acids is 1. The highest BCUT2D eigenvalue weighted by atomic mass is 16.6. The van der Waals surface area contributed by atoms with Gasteiger partial charge in [0.15, 0.2) is 0 Å². The maximum absolute atomic E-state index is 10.9. The molecular weight excluding hydrogens is 432 g/mol. The van der Waals surface area contributed by atoms with Crippen LogP contribution in [-0.2, 0) is 24.4 Å². The van der Waals surface area contributed by atoms with E-state index in [0.717, 1.165) is 17.6 Å². The van der Waals surface area contributed by atoms with Gasteiger partial charge in [0.2, 0.25) is 0 Å². The summed E-state index contributed by atoms with van der Waals surface area (Å²) in [5.41, 5.74) is 2.16. The Hall–Kier alpha value is -3.51. The molecule has 0 aliphatic heterocycles. The summed E-state index contributed by atoms with van der Waals surface area (Å²) in [5, 5.41) is 0. The third-order valence-corrected chi connectivity index (χ3v) is 5.15. The predicted octanol–water partition coefficient (Wildman–Crippen LogP) is 5.23. The zero-order chi connectivity index (χ0) is 24.8. The topological polar surface area (TPSA) is 63.2 Å². The Labute approximate surface area is 202 Å². The minimum atomic E-state index is -0.455. The summed E-state index contributed by atoms with van der Waals surface area (Å²) in [5.74, 6) is 1.64. The molecule has 0 bridgehead atoms. The van der Waals surface area contributed by atoms with Crippen molar-refractivity contribution in [3.63, 3.8) is 0 Å². The van der Waals surface area contributed by atoms with E-state index in [4.69, 9.17) is 23.7 Å². The van der Waals surface area contributed by atoms with Gasteiger partial charge in [-0.05, 0) is 41.5 Å². The first-order valence-corrected chi connectivity index (χ1v) is 11.1. The Balaban J connectivity index is 1.79. The SMILES string of the molecule is C=CC(=C)OCCOc1ccc(C(C)(C)c2ccc(OCCOCCOC(=O)C=C)cc2)cc1. The van der Waals surface area contributed by atoms with Crippen molar-refractivity contribution in [2.75, 3.05) is 39.6 Å². The minimum Gasteiger partial charge on any atom is -0.491 e. The molecule has 2 rings (SSSR count). The van der Waals surface area contributed by atoms with Crippen LogP contribution in [-0.4, -0.2) is 45.6 Å². The Kier molecular flexibility index (Phi) is 10.9. The minimum absolute atomic E-state index is 0.187. The van der Waals surface area contributed by atoms with Crippen LogP contribution in [0.2, 0.25) is 0 Å². The fourth-order valence-electron chi connectivity index (χ4n) is 3.07. The van der Waals surface area contributed by atoms with Crippen LogP contribution in [0.5, 0.6) is 11.5 Å². The van der Waals surface area contributed by atoms with Gasteiger partial charge in [-0.1, -0.05) is 57.8 Å². The second-order valence-electron chi connectivity index (χ2n) is 7.87. The number of benzene rings is 2. The first kappa shape index (κ1) is 26.7. The molecule has 2 aromatic rings. The maximum atomic E-state index is 10.9. The zero-order valence-electron chi connectivity index (χ0n) is 20.1. The summed E-state index contributed by atoms with van der Waals surface area (Å²) in [6, 6.07) is 16.1. The molecule has 0 heterocycles. The molecule has 2 aromatic carbocycles. The van der Waals surface area contributed by atoms with E-state index in [1.54, 1.807) is 6.08 Å². The van der Waals surface area contributed by atoms with E-state index in [-0.39, 0.29) is 12.0 Å². The molecule has 0 radical (unpaired) electrons. The lowest BCUT2D eigenvalue weighted by Gasteiger charge is -2.26. The normalized spacial score (nSPS) is 10.8. The van der Waals surface area contributed by atoms with Crippen LogP contribution in [0, 0.1) is 0 Å². The molecular formula is C28H34O6. The highest BCUT2D eigenvalue weighted by molar-refractivity contribution is 5.81. The first-order valence-electron chi connectivity index (χ1n) is 11.1. The Bertz CT molecular complexity index is 928. The predicted molar refractivity (Wildman–Crippen MR) is 133 cm³/mol. The molecule has 34 heavy (non-hydrogen) atoms. The monoisotopic (exact) mass is 466 g/mol. The van der Waals surface area contributed by atoms with E-state index < -0.39 is 5.97 Å². The third-order valence-electron chi connectivity index (χ3n) is 5.15. The van der Waals surface area contributed by atoms with Crippen LogP contribution in [0.15, 0.2) is 86.2 Å². The van der Waals surface area contributed by atoms with Gasteiger partial charge in [-0.3, -0.25) is 0 Å². The van der Waals surface area contributed by atoms with Crippen LogP contribution in [0.3, 0.4) is 0 Å². The van der Waals surface area contributed by atoms with Crippen molar-refractivity contribution in [3.8, 4) is 11.5 Å². The lowest BCUT2D eigenvalue weighted by Crippen LogP contribution is -2.18. The molecule has 0 aromatic heterocycles.